The van der Waals surface area contributed by atoms with Gasteiger partial charge in [0.05, 0.1) is 18.1 Å². The molecule has 0 aliphatic carbocycles. The van der Waals surface area contributed by atoms with E-state index in [4.69, 9.17) is 16.3 Å². The van der Waals surface area contributed by atoms with Crippen LogP contribution in [-0.2, 0) is 27.8 Å². The zero-order valence-corrected chi connectivity index (χ0v) is 15.4. The molecule has 2 aromatic carbocycles. The van der Waals surface area contributed by atoms with Crippen LogP contribution in [0.5, 0.6) is 0 Å². The van der Waals surface area contributed by atoms with Crippen LogP contribution in [0.2, 0.25) is 5.02 Å². The zero-order chi connectivity index (χ0) is 17.7. The molecule has 0 amide bonds. The van der Waals surface area contributed by atoms with Crippen molar-refractivity contribution >= 4 is 21.6 Å². The minimum absolute atomic E-state index is 0.216. The topological polar surface area (TPSA) is 59.8 Å². The summed E-state index contributed by atoms with van der Waals surface area (Å²) in [5.74, 6) is 0. The maximum atomic E-state index is 12.4. The van der Waals surface area contributed by atoms with E-state index in [1.807, 2.05) is 18.2 Å². The van der Waals surface area contributed by atoms with E-state index in [2.05, 4.69) is 10.8 Å². The normalized spacial score (nSPS) is 16.0. The highest BCUT2D eigenvalue weighted by Crippen LogP contribution is 2.15. The van der Waals surface area contributed by atoms with Crippen molar-refractivity contribution in [1.29, 1.82) is 0 Å². The molecule has 0 radical (unpaired) electrons. The summed E-state index contributed by atoms with van der Waals surface area (Å²) in [6, 6.07) is 14.1. The molecule has 1 heterocycles. The van der Waals surface area contributed by atoms with Crippen LogP contribution in [0.25, 0.3) is 0 Å². The Morgan fingerprint density at radius 3 is 2.32 bits per heavy atom. The van der Waals surface area contributed by atoms with E-state index in [1.165, 1.54) is 22.6 Å². The summed E-state index contributed by atoms with van der Waals surface area (Å²) < 4.78 is 33.0. The highest BCUT2D eigenvalue weighted by atomic mass is 35.5. The highest BCUT2D eigenvalue weighted by molar-refractivity contribution is 7.89. The number of hydrogen-bond acceptors (Lipinski definition) is 3. The van der Waals surface area contributed by atoms with E-state index in [1.54, 1.807) is 12.1 Å². The third kappa shape index (κ3) is 5.03. The summed E-state index contributed by atoms with van der Waals surface area (Å²) in [4.78, 5) is 1.67. The molecular formula is C18H22ClN2O3S+. The highest BCUT2D eigenvalue weighted by Gasteiger charge is 2.18. The molecule has 5 nitrogen and oxygen atoms in total. The lowest BCUT2D eigenvalue weighted by Gasteiger charge is -2.24. The first-order valence-corrected chi connectivity index (χ1v) is 10.1. The van der Waals surface area contributed by atoms with Crippen LogP contribution >= 0.6 is 11.6 Å². The Hall–Kier alpha value is -1.44. The molecule has 0 saturated carbocycles. The van der Waals surface area contributed by atoms with Gasteiger partial charge in [-0.05, 0) is 29.8 Å². The van der Waals surface area contributed by atoms with Crippen molar-refractivity contribution in [3.8, 4) is 0 Å². The number of quaternary nitrogens is 1. The predicted octanol–water partition coefficient (Wildman–Crippen LogP) is 1.23. The second-order valence-electron chi connectivity index (χ2n) is 6.09. The molecule has 134 valence electrons. The summed E-state index contributed by atoms with van der Waals surface area (Å²) in [5.41, 5.74) is 2.16. The number of nitrogens with one attached hydrogen (secondary N) is 2. The molecule has 0 spiro atoms. The van der Waals surface area contributed by atoms with Crippen LogP contribution in [0.1, 0.15) is 11.1 Å². The van der Waals surface area contributed by atoms with Gasteiger partial charge in [-0.3, -0.25) is 0 Å². The third-order valence-corrected chi connectivity index (χ3v) is 6.00. The molecule has 0 bridgehead atoms. The fourth-order valence-electron chi connectivity index (χ4n) is 2.88. The van der Waals surface area contributed by atoms with E-state index >= 15 is 0 Å². The molecule has 1 saturated heterocycles. The molecule has 0 aromatic heterocycles. The lowest BCUT2D eigenvalue weighted by atomic mass is 10.1. The first-order valence-electron chi connectivity index (χ1n) is 8.28. The first-order chi connectivity index (χ1) is 12.0. The Kier molecular flexibility index (Phi) is 6.09. The third-order valence-electron chi connectivity index (χ3n) is 4.34. The summed E-state index contributed by atoms with van der Waals surface area (Å²) in [6.07, 6.45) is 0. The smallest absolute Gasteiger partial charge is 0.240 e. The number of morpholine rings is 1. The second kappa shape index (κ2) is 8.29. The lowest BCUT2D eigenvalue weighted by molar-refractivity contribution is -0.921. The minimum Gasteiger partial charge on any atom is -0.370 e. The second-order valence-corrected chi connectivity index (χ2v) is 8.29. The predicted molar refractivity (Wildman–Crippen MR) is 97.1 cm³/mol. The summed E-state index contributed by atoms with van der Waals surface area (Å²) >= 11 is 5.82. The van der Waals surface area contributed by atoms with Crippen LogP contribution < -0.4 is 9.62 Å². The fraction of sp³-hybridized carbons (Fsp3) is 0.333. The summed E-state index contributed by atoms with van der Waals surface area (Å²) in [6.45, 7) is 4.66. The number of rotatable bonds is 6. The fourth-order valence-corrected chi connectivity index (χ4v) is 4.01. The van der Waals surface area contributed by atoms with Gasteiger partial charge in [0.2, 0.25) is 10.0 Å². The van der Waals surface area contributed by atoms with Gasteiger partial charge in [0.1, 0.15) is 19.6 Å². The minimum atomic E-state index is -3.56. The monoisotopic (exact) mass is 381 g/mol. The lowest BCUT2D eigenvalue weighted by Crippen LogP contribution is -3.12. The van der Waals surface area contributed by atoms with Gasteiger partial charge < -0.3 is 9.64 Å². The van der Waals surface area contributed by atoms with E-state index in [0.29, 0.717) is 5.02 Å². The van der Waals surface area contributed by atoms with Crippen molar-refractivity contribution in [3.63, 3.8) is 0 Å². The van der Waals surface area contributed by atoms with Gasteiger partial charge in [-0.25, -0.2) is 13.1 Å². The van der Waals surface area contributed by atoms with E-state index in [-0.39, 0.29) is 11.4 Å². The van der Waals surface area contributed by atoms with Crippen molar-refractivity contribution in [2.45, 2.75) is 18.0 Å². The number of hydrogen-bond donors (Lipinski definition) is 2. The van der Waals surface area contributed by atoms with Gasteiger partial charge in [-0.1, -0.05) is 35.9 Å². The number of ether oxygens (including phenoxy) is 1. The SMILES string of the molecule is O=S(=O)(NCc1ccccc1C[NH+]1CCOCC1)c1ccc(Cl)cc1. The van der Waals surface area contributed by atoms with Gasteiger partial charge in [0, 0.05) is 17.1 Å². The molecular weight excluding hydrogens is 360 g/mol. The van der Waals surface area contributed by atoms with E-state index in [9.17, 15) is 8.42 Å². The van der Waals surface area contributed by atoms with Crippen LogP contribution in [0.15, 0.2) is 53.4 Å². The maximum absolute atomic E-state index is 12.4. The number of benzene rings is 2. The van der Waals surface area contributed by atoms with Crippen LogP contribution in [-0.4, -0.2) is 34.7 Å². The van der Waals surface area contributed by atoms with Gasteiger partial charge in [-0.2, -0.15) is 0 Å². The summed E-state index contributed by atoms with van der Waals surface area (Å²) in [5, 5.41) is 0.512. The van der Waals surface area contributed by atoms with Gasteiger partial charge in [0.25, 0.3) is 0 Å². The van der Waals surface area contributed by atoms with Crippen molar-refractivity contribution < 1.29 is 18.1 Å². The standard InChI is InChI=1S/C18H21ClN2O3S/c19-17-5-7-18(8-6-17)25(22,23)20-13-15-3-1-2-4-16(15)14-21-9-11-24-12-10-21/h1-8,20H,9-14H2/p+1. The van der Waals surface area contributed by atoms with Crippen molar-refractivity contribution in [2.24, 2.45) is 0 Å². The Labute approximate surface area is 153 Å². The molecule has 1 aliphatic heterocycles. The zero-order valence-electron chi connectivity index (χ0n) is 13.9. The molecule has 2 N–H and O–H groups in total. The Bertz CT molecular complexity index is 803. The van der Waals surface area contributed by atoms with Crippen molar-refractivity contribution in [3.05, 3.63) is 64.7 Å². The number of sulfonamides is 1. The average molecular weight is 382 g/mol. The Morgan fingerprint density at radius 1 is 1.00 bits per heavy atom. The molecule has 25 heavy (non-hydrogen) atoms. The largest absolute Gasteiger partial charge is 0.370 e. The Morgan fingerprint density at radius 2 is 1.64 bits per heavy atom. The molecule has 3 rings (SSSR count). The quantitative estimate of drug-likeness (QED) is 0.791. The van der Waals surface area contributed by atoms with Crippen molar-refractivity contribution in [1.82, 2.24) is 4.72 Å². The summed E-state index contributed by atoms with van der Waals surface area (Å²) in [7, 11) is -3.56. The molecule has 2 aromatic rings. The van der Waals surface area contributed by atoms with Gasteiger partial charge in [0.15, 0.2) is 0 Å². The van der Waals surface area contributed by atoms with Gasteiger partial charge >= 0.3 is 0 Å². The molecule has 0 atom stereocenters. The van der Waals surface area contributed by atoms with Gasteiger partial charge in [-0.15, -0.1) is 0 Å². The molecule has 1 fully saturated rings. The van der Waals surface area contributed by atoms with Crippen molar-refractivity contribution in [2.75, 3.05) is 26.3 Å². The maximum Gasteiger partial charge on any atom is 0.240 e. The number of halogens is 1. The molecule has 0 unspecified atom stereocenters. The first kappa shape index (κ1) is 18.4. The van der Waals surface area contributed by atoms with Crippen LogP contribution in [0.3, 0.4) is 0 Å². The Balaban J connectivity index is 1.69. The average Bonchev–Trinajstić information content (AvgIpc) is 2.62. The van der Waals surface area contributed by atoms with Crippen LogP contribution in [0, 0.1) is 0 Å². The van der Waals surface area contributed by atoms with Crippen LogP contribution in [0.4, 0.5) is 0 Å². The van der Waals surface area contributed by atoms with E-state index in [0.717, 1.165) is 38.4 Å². The van der Waals surface area contributed by atoms with E-state index < -0.39 is 10.0 Å². The molecule has 7 heteroatoms. The molecule has 1 aliphatic rings.